The third-order valence-electron chi connectivity index (χ3n) is 2.86. The van der Waals surface area contributed by atoms with Crippen LogP contribution in [0.25, 0.3) is 0 Å². The fourth-order valence-corrected chi connectivity index (χ4v) is 2.23. The quantitative estimate of drug-likeness (QED) is 0.824. The molecular formula is C14H22BrNO. The van der Waals surface area contributed by atoms with Crippen LogP contribution in [0, 0.1) is 0 Å². The van der Waals surface area contributed by atoms with Crippen LogP contribution >= 0.6 is 15.9 Å². The Morgan fingerprint density at radius 2 is 1.94 bits per heavy atom. The van der Waals surface area contributed by atoms with Gasteiger partial charge in [0.25, 0.3) is 0 Å². The van der Waals surface area contributed by atoms with Gasteiger partial charge in [-0.3, -0.25) is 0 Å². The van der Waals surface area contributed by atoms with Gasteiger partial charge in [-0.1, -0.05) is 41.4 Å². The molecule has 2 nitrogen and oxygen atoms in total. The summed E-state index contributed by atoms with van der Waals surface area (Å²) in [4.78, 5) is 0. The second-order valence-corrected chi connectivity index (χ2v) is 5.30. The predicted molar refractivity (Wildman–Crippen MR) is 76.3 cm³/mol. The van der Waals surface area contributed by atoms with E-state index in [2.05, 4.69) is 59.4 Å². The van der Waals surface area contributed by atoms with Gasteiger partial charge in [-0.05, 0) is 31.0 Å². The van der Waals surface area contributed by atoms with E-state index in [0.717, 1.165) is 17.5 Å². The van der Waals surface area contributed by atoms with Crippen molar-refractivity contribution in [3.8, 4) is 0 Å². The van der Waals surface area contributed by atoms with E-state index in [1.54, 1.807) is 7.11 Å². The molecule has 96 valence electrons. The normalized spacial score (nSPS) is 14.6. The van der Waals surface area contributed by atoms with Gasteiger partial charge in [-0.15, -0.1) is 0 Å². The molecule has 0 saturated heterocycles. The molecule has 2 unspecified atom stereocenters. The summed E-state index contributed by atoms with van der Waals surface area (Å²) in [5, 5.41) is 3.61. The van der Waals surface area contributed by atoms with Gasteiger partial charge >= 0.3 is 0 Å². The summed E-state index contributed by atoms with van der Waals surface area (Å²) < 4.78 is 6.36. The van der Waals surface area contributed by atoms with E-state index in [9.17, 15) is 0 Å². The Morgan fingerprint density at radius 1 is 1.29 bits per heavy atom. The van der Waals surface area contributed by atoms with Crippen molar-refractivity contribution in [2.75, 3.05) is 13.7 Å². The van der Waals surface area contributed by atoms with Gasteiger partial charge in [0.1, 0.15) is 0 Å². The molecule has 0 bridgehead atoms. The molecule has 1 rings (SSSR count). The topological polar surface area (TPSA) is 21.3 Å². The molecule has 0 fully saturated rings. The largest absolute Gasteiger partial charge is 0.383 e. The first-order chi connectivity index (χ1) is 8.17. The Balaban J connectivity index is 2.56. The zero-order valence-corrected chi connectivity index (χ0v) is 12.5. The van der Waals surface area contributed by atoms with E-state index in [0.29, 0.717) is 12.1 Å². The van der Waals surface area contributed by atoms with Crippen molar-refractivity contribution < 1.29 is 4.74 Å². The fourth-order valence-electron chi connectivity index (χ4n) is 1.97. The van der Waals surface area contributed by atoms with Crippen LogP contribution in [-0.2, 0) is 4.74 Å². The molecule has 0 aromatic heterocycles. The zero-order valence-electron chi connectivity index (χ0n) is 10.9. The molecule has 0 radical (unpaired) electrons. The summed E-state index contributed by atoms with van der Waals surface area (Å²) in [5.74, 6) is 0. The number of ether oxygens (including phenoxy) is 1. The first kappa shape index (κ1) is 14.7. The molecule has 1 N–H and O–H groups in total. The van der Waals surface area contributed by atoms with Gasteiger partial charge in [-0.2, -0.15) is 0 Å². The van der Waals surface area contributed by atoms with Gasteiger partial charge < -0.3 is 10.1 Å². The lowest BCUT2D eigenvalue weighted by atomic mass is 10.1. The molecule has 0 saturated carbocycles. The first-order valence-electron chi connectivity index (χ1n) is 6.17. The predicted octanol–water partition coefficient (Wildman–Crippen LogP) is 3.91. The van der Waals surface area contributed by atoms with Gasteiger partial charge in [0.05, 0.1) is 6.61 Å². The maximum Gasteiger partial charge on any atom is 0.0616 e. The average molecular weight is 300 g/mol. The van der Waals surface area contributed by atoms with Gasteiger partial charge in [-0.25, -0.2) is 0 Å². The van der Waals surface area contributed by atoms with Crippen LogP contribution in [0.1, 0.15) is 38.3 Å². The number of hydrogen-bond donors (Lipinski definition) is 1. The maximum atomic E-state index is 5.24. The fraction of sp³-hybridized carbons (Fsp3) is 0.571. The van der Waals surface area contributed by atoms with Crippen molar-refractivity contribution in [1.29, 1.82) is 0 Å². The van der Waals surface area contributed by atoms with Gasteiger partial charge in [0.15, 0.2) is 0 Å². The molecule has 1 aromatic rings. The summed E-state index contributed by atoms with van der Waals surface area (Å²) in [6, 6.07) is 9.25. The van der Waals surface area contributed by atoms with Crippen molar-refractivity contribution >= 4 is 15.9 Å². The molecule has 3 heteroatoms. The van der Waals surface area contributed by atoms with E-state index < -0.39 is 0 Å². The third-order valence-corrected chi connectivity index (χ3v) is 3.39. The van der Waals surface area contributed by atoms with Crippen LogP contribution < -0.4 is 5.32 Å². The Bertz CT molecular complexity index is 307. The SMILES string of the molecule is CCCC(COC)NC(C)c1ccc(Br)cc1. The Hall–Kier alpha value is -0.380. The minimum atomic E-state index is 0.356. The number of halogens is 1. The molecule has 0 aliphatic carbocycles. The molecule has 0 amide bonds. The zero-order chi connectivity index (χ0) is 12.7. The molecule has 17 heavy (non-hydrogen) atoms. The Morgan fingerprint density at radius 3 is 2.47 bits per heavy atom. The summed E-state index contributed by atoms with van der Waals surface area (Å²) >= 11 is 3.45. The maximum absolute atomic E-state index is 5.24. The van der Waals surface area contributed by atoms with Crippen LogP contribution in [0.5, 0.6) is 0 Å². The molecular weight excluding hydrogens is 278 g/mol. The highest BCUT2D eigenvalue weighted by molar-refractivity contribution is 9.10. The van der Waals surface area contributed by atoms with Crippen molar-refractivity contribution in [2.24, 2.45) is 0 Å². The minimum absolute atomic E-state index is 0.356. The summed E-state index contributed by atoms with van der Waals surface area (Å²) in [5.41, 5.74) is 1.31. The average Bonchev–Trinajstić information content (AvgIpc) is 2.30. The monoisotopic (exact) mass is 299 g/mol. The second kappa shape index (κ2) is 7.85. The van der Waals surface area contributed by atoms with Crippen LogP contribution in [0.15, 0.2) is 28.7 Å². The van der Waals surface area contributed by atoms with E-state index in [1.807, 2.05) is 0 Å². The molecule has 0 aliphatic heterocycles. The van der Waals surface area contributed by atoms with Crippen LogP contribution in [0.4, 0.5) is 0 Å². The molecule has 0 aliphatic rings. The number of nitrogens with one attached hydrogen (secondary N) is 1. The van der Waals surface area contributed by atoms with E-state index in [4.69, 9.17) is 4.74 Å². The number of benzene rings is 1. The first-order valence-corrected chi connectivity index (χ1v) is 6.97. The van der Waals surface area contributed by atoms with Crippen LogP contribution in [0.2, 0.25) is 0 Å². The number of methoxy groups -OCH3 is 1. The van der Waals surface area contributed by atoms with Crippen LogP contribution in [0.3, 0.4) is 0 Å². The lowest BCUT2D eigenvalue weighted by Gasteiger charge is -2.22. The van der Waals surface area contributed by atoms with E-state index in [1.165, 1.54) is 12.0 Å². The Kier molecular flexibility index (Phi) is 6.78. The van der Waals surface area contributed by atoms with Crippen LogP contribution in [-0.4, -0.2) is 19.8 Å². The van der Waals surface area contributed by atoms with Crippen molar-refractivity contribution in [1.82, 2.24) is 5.32 Å². The van der Waals surface area contributed by atoms with Gasteiger partial charge in [0, 0.05) is 23.7 Å². The molecule has 1 aromatic carbocycles. The highest BCUT2D eigenvalue weighted by Crippen LogP contribution is 2.17. The lowest BCUT2D eigenvalue weighted by molar-refractivity contribution is 0.157. The number of hydrogen-bond acceptors (Lipinski definition) is 2. The molecule has 0 heterocycles. The van der Waals surface area contributed by atoms with Crippen molar-refractivity contribution in [2.45, 2.75) is 38.8 Å². The molecule has 0 spiro atoms. The third kappa shape index (κ3) is 5.19. The van der Waals surface area contributed by atoms with Crippen molar-refractivity contribution in [3.63, 3.8) is 0 Å². The molecule has 2 atom stereocenters. The number of rotatable bonds is 7. The standard InChI is InChI=1S/C14H22BrNO/c1-4-5-14(10-17-3)16-11(2)12-6-8-13(15)9-7-12/h6-9,11,14,16H,4-5,10H2,1-3H3. The van der Waals surface area contributed by atoms with E-state index in [-0.39, 0.29) is 0 Å². The highest BCUT2D eigenvalue weighted by atomic mass is 79.9. The van der Waals surface area contributed by atoms with Gasteiger partial charge in [0.2, 0.25) is 0 Å². The van der Waals surface area contributed by atoms with E-state index >= 15 is 0 Å². The summed E-state index contributed by atoms with van der Waals surface area (Å²) in [6.07, 6.45) is 2.32. The second-order valence-electron chi connectivity index (χ2n) is 4.38. The lowest BCUT2D eigenvalue weighted by Crippen LogP contribution is -2.35. The van der Waals surface area contributed by atoms with Crippen molar-refractivity contribution in [3.05, 3.63) is 34.3 Å². The minimum Gasteiger partial charge on any atom is -0.383 e. The summed E-state index contributed by atoms with van der Waals surface area (Å²) in [6.45, 7) is 5.17. The smallest absolute Gasteiger partial charge is 0.0616 e. The Labute approximate surface area is 113 Å². The highest BCUT2D eigenvalue weighted by Gasteiger charge is 2.12. The summed E-state index contributed by atoms with van der Waals surface area (Å²) in [7, 11) is 1.76.